The van der Waals surface area contributed by atoms with Crippen LogP contribution in [0.4, 0.5) is 4.79 Å². The number of benzene rings is 1. The highest BCUT2D eigenvalue weighted by Crippen LogP contribution is 2.11. The number of ether oxygens (including phenoxy) is 1. The van der Waals surface area contributed by atoms with Crippen molar-refractivity contribution in [1.82, 2.24) is 5.32 Å². The summed E-state index contributed by atoms with van der Waals surface area (Å²) >= 11 is 0. The average molecular weight is 274 g/mol. The topological polar surface area (TPSA) is 79.2 Å². The Morgan fingerprint density at radius 1 is 1.30 bits per heavy atom. The average Bonchev–Trinajstić information content (AvgIpc) is 2.33. The number of nitriles is 1. The number of carbonyl (C=O) groups is 2. The molecule has 0 aliphatic rings. The van der Waals surface area contributed by atoms with Gasteiger partial charge in [0, 0.05) is 12.1 Å². The summed E-state index contributed by atoms with van der Waals surface area (Å²) in [5.41, 5.74) is 0.951. The zero-order valence-corrected chi connectivity index (χ0v) is 12.1. The molecule has 0 aromatic heterocycles. The Morgan fingerprint density at radius 2 is 1.95 bits per heavy atom. The molecule has 0 heterocycles. The third kappa shape index (κ3) is 5.11. The van der Waals surface area contributed by atoms with Crippen LogP contribution in [0.5, 0.6) is 0 Å². The smallest absolute Gasteiger partial charge is 0.407 e. The summed E-state index contributed by atoms with van der Waals surface area (Å²) in [4.78, 5) is 22.9. The molecule has 0 bridgehead atoms. The molecular formula is C15H18N2O3. The van der Waals surface area contributed by atoms with Crippen molar-refractivity contribution in [2.24, 2.45) is 0 Å². The second kappa shape index (κ2) is 6.20. The number of hydrogen-bond acceptors (Lipinski definition) is 4. The van der Waals surface area contributed by atoms with Gasteiger partial charge in [-0.2, -0.15) is 5.26 Å². The summed E-state index contributed by atoms with van der Waals surface area (Å²) in [5, 5.41) is 11.5. The van der Waals surface area contributed by atoms with Crippen molar-refractivity contribution < 1.29 is 14.3 Å². The van der Waals surface area contributed by atoms with Gasteiger partial charge < -0.3 is 10.1 Å². The first-order valence-corrected chi connectivity index (χ1v) is 6.23. The monoisotopic (exact) mass is 274 g/mol. The Hall–Kier alpha value is -2.35. The Morgan fingerprint density at radius 3 is 2.45 bits per heavy atom. The van der Waals surface area contributed by atoms with E-state index in [1.165, 1.54) is 13.0 Å². The van der Waals surface area contributed by atoms with Crippen molar-refractivity contribution in [2.75, 3.05) is 0 Å². The summed E-state index contributed by atoms with van der Waals surface area (Å²) in [6.07, 6.45) is -0.538. The minimum Gasteiger partial charge on any atom is -0.444 e. The van der Waals surface area contributed by atoms with Crippen LogP contribution in [0.25, 0.3) is 0 Å². The van der Waals surface area contributed by atoms with E-state index < -0.39 is 11.7 Å². The summed E-state index contributed by atoms with van der Waals surface area (Å²) < 4.78 is 5.11. The normalized spacial score (nSPS) is 10.6. The van der Waals surface area contributed by atoms with E-state index in [9.17, 15) is 9.59 Å². The largest absolute Gasteiger partial charge is 0.444 e. The number of alkyl carbamates (subject to hydrolysis) is 1. The molecule has 0 aliphatic carbocycles. The van der Waals surface area contributed by atoms with Crippen LogP contribution < -0.4 is 5.32 Å². The quantitative estimate of drug-likeness (QED) is 0.859. The maximum atomic E-state index is 11.5. The number of ketones is 1. The first-order chi connectivity index (χ1) is 9.21. The van der Waals surface area contributed by atoms with Gasteiger partial charge in [-0.05, 0) is 51.5 Å². The van der Waals surface area contributed by atoms with Crippen LogP contribution in [0.15, 0.2) is 18.2 Å². The van der Waals surface area contributed by atoms with Gasteiger partial charge in [0.15, 0.2) is 5.78 Å². The fraction of sp³-hybridized carbons (Fsp3) is 0.400. The lowest BCUT2D eigenvalue weighted by Gasteiger charge is -2.19. The van der Waals surface area contributed by atoms with E-state index in [4.69, 9.17) is 10.00 Å². The standard InChI is InChI=1S/C15H18N2O3/c1-10(18)13-6-11(8-16)5-12(7-13)9-17-14(19)20-15(2,3)4/h5-7H,9H2,1-4H3,(H,17,19). The third-order valence-electron chi connectivity index (χ3n) is 2.36. The molecule has 1 aromatic rings. The van der Waals surface area contributed by atoms with E-state index in [0.717, 1.165) is 0 Å². The van der Waals surface area contributed by atoms with Gasteiger partial charge in [0.1, 0.15) is 5.60 Å². The fourth-order valence-electron chi connectivity index (χ4n) is 1.55. The van der Waals surface area contributed by atoms with Crippen LogP contribution in [-0.2, 0) is 11.3 Å². The van der Waals surface area contributed by atoms with Crippen LogP contribution in [0.1, 0.15) is 49.2 Å². The molecule has 0 saturated carbocycles. The molecule has 20 heavy (non-hydrogen) atoms. The predicted octanol–water partition coefficient (Wildman–Crippen LogP) is 2.79. The molecule has 5 heteroatoms. The summed E-state index contributed by atoms with van der Waals surface area (Å²) in [6, 6.07) is 6.80. The summed E-state index contributed by atoms with van der Waals surface area (Å²) in [6.45, 7) is 6.95. The molecule has 0 fully saturated rings. The Bertz CT molecular complexity index is 565. The summed E-state index contributed by atoms with van der Waals surface area (Å²) in [7, 11) is 0. The molecule has 1 amide bonds. The molecule has 0 unspecified atom stereocenters. The summed E-state index contributed by atoms with van der Waals surface area (Å²) in [5.74, 6) is -0.124. The molecule has 1 aromatic carbocycles. The number of amides is 1. The van der Waals surface area contributed by atoms with Crippen molar-refractivity contribution in [3.05, 3.63) is 34.9 Å². The van der Waals surface area contributed by atoms with Gasteiger partial charge in [0.05, 0.1) is 11.6 Å². The Labute approximate surface area is 118 Å². The molecule has 0 atom stereocenters. The number of carbonyl (C=O) groups excluding carboxylic acids is 2. The zero-order chi connectivity index (χ0) is 15.3. The SMILES string of the molecule is CC(=O)c1cc(C#N)cc(CNC(=O)OC(C)(C)C)c1. The van der Waals surface area contributed by atoms with Crippen LogP contribution in [0, 0.1) is 11.3 Å². The van der Waals surface area contributed by atoms with Crippen LogP contribution in [0.2, 0.25) is 0 Å². The van der Waals surface area contributed by atoms with Crippen molar-refractivity contribution in [1.29, 1.82) is 5.26 Å². The van der Waals surface area contributed by atoms with E-state index in [1.54, 1.807) is 32.9 Å². The minimum atomic E-state index is -0.566. The lowest BCUT2D eigenvalue weighted by molar-refractivity contribution is 0.0523. The van der Waals surface area contributed by atoms with Crippen LogP contribution in [0.3, 0.4) is 0 Å². The van der Waals surface area contributed by atoms with Crippen molar-refractivity contribution in [3.8, 4) is 6.07 Å². The molecular weight excluding hydrogens is 256 g/mol. The molecule has 0 radical (unpaired) electrons. The highest BCUT2D eigenvalue weighted by Gasteiger charge is 2.15. The van der Waals surface area contributed by atoms with E-state index in [1.807, 2.05) is 6.07 Å². The molecule has 106 valence electrons. The molecule has 0 saturated heterocycles. The lowest BCUT2D eigenvalue weighted by atomic mass is 10.0. The number of hydrogen-bond donors (Lipinski definition) is 1. The van der Waals surface area contributed by atoms with E-state index in [2.05, 4.69) is 5.32 Å². The van der Waals surface area contributed by atoms with E-state index >= 15 is 0 Å². The van der Waals surface area contributed by atoms with Gasteiger partial charge >= 0.3 is 6.09 Å². The third-order valence-corrected chi connectivity index (χ3v) is 2.36. The molecule has 5 nitrogen and oxygen atoms in total. The van der Waals surface area contributed by atoms with Gasteiger partial charge in [0.2, 0.25) is 0 Å². The van der Waals surface area contributed by atoms with Gasteiger partial charge in [-0.15, -0.1) is 0 Å². The maximum absolute atomic E-state index is 11.5. The van der Waals surface area contributed by atoms with Crippen molar-refractivity contribution >= 4 is 11.9 Å². The molecule has 0 spiro atoms. The van der Waals surface area contributed by atoms with Crippen molar-refractivity contribution in [2.45, 2.75) is 39.8 Å². The Kier molecular flexibility index (Phi) is 4.87. The number of Topliss-reactive ketones (excluding diaryl/α,β-unsaturated/α-hetero) is 1. The lowest BCUT2D eigenvalue weighted by Crippen LogP contribution is -2.32. The highest BCUT2D eigenvalue weighted by molar-refractivity contribution is 5.94. The fourth-order valence-corrected chi connectivity index (χ4v) is 1.55. The van der Waals surface area contributed by atoms with Gasteiger partial charge in [-0.1, -0.05) is 0 Å². The minimum absolute atomic E-state index is 0.124. The molecule has 1 rings (SSSR count). The molecule has 1 N–H and O–H groups in total. The first kappa shape index (κ1) is 15.7. The van der Waals surface area contributed by atoms with Crippen LogP contribution >= 0.6 is 0 Å². The second-order valence-corrected chi connectivity index (χ2v) is 5.44. The van der Waals surface area contributed by atoms with Crippen molar-refractivity contribution in [3.63, 3.8) is 0 Å². The van der Waals surface area contributed by atoms with Gasteiger partial charge in [0.25, 0.3) is 0 Å². The zero-order valence-electron chi connectivity index (χ0n) is 12.1. The number of rotatable bonds is 3. The van der Waals surface area contributed by atoms with E-state index in [0.29, 0.717) is 16.7 Å². The highest BCUT2D eigenvalue weighted by atomic mass is 16.6. The maximum Gasteiger partial charge on any atom is 0.407 e. The van der Waals surface area contributed by atoms with Crippen LogP contribution in [-0.4, -0.2) is 17.5 Å². The predicted molar refractivity (Wildman–Crippen MR) is 74.2 cm³/mol. The molecule has 0 aliphatic heterocycles. The Balaban J connectivity index is 2.78. The van der Waals surface area contributed by atoms with Gasteiger partial charge in [-0.25, -0.2) is 4.79 Å². The number of nitrogens with one attached hydrogen (secondary N) is 1. The van der Waals surface area contributed by atoms with E-state index in [-0.39, 0.29) is 12.3 Å². The number of nitrogens with zero attached hydrogens (tertiary/aromatic N) is 1. The first-order valence-electron chi connectivity index (χ1n) is 6.23. The van der Waals surface area contributed by atoms with Gasteiger partial charge in [-0.3, -0.25) is 4.79 Å². The second-order valence-electron chi connectivity index (χ2n) is 5.44.